The number of amides is 2. The zero-order valence-corrected chi connectivity index (χ0v) is 16.2. The first-order valence-electron chi connectivity index (χ1n) is 9.11. The molecule has 0 radical (unpaired) electrons. The first-order valence-corrected chi connectivity index (χ1v) is 9.49. The smallest absolute Gasteiger partial charge is 0.251 e. The fourth-order valence-electron chi connectivity index (χ4n) is 3.31. The van der Waals surface area contributed by atoms with Crippen molar-refractivity contribution in [3.63, 3.8) is 0 Å². The predicted molar refractivity (Wildman–Crippen MR) is 107 cm³/mol. The maximum Gasteiger partial charge on any atom is 0.251 e. The van der Waals surface area contributed by atoms with E-state index in [0.717, 1.165) is 18.7 Å². The number of hydrogen-bond donors (Lipinski definition) is 1. The molecule has 142 valence electrons. The molecule has 1 N–H and O–H groups in total. The summed E-state index contributed by atoms with van der Waals surface area (Å²) in [5.41, 5.74) is 1.68. The molecular weight excluding hydrogens is 362 g/mol. The summed E-state index contributed by atoms with van der Waals surface area (Å²) in [4.78, 5) is 29.1. The molecule has 27 heavy (non-hydrogen) atoms. The van der Waals surface area contributed by atoms with E-state index in [1.165, 1.54) is 0 Å². The molecule has 1 unspecified atom stereocenters. The Morgan fingerprint density at radius 1 is 1.07 bits per heavy atom. The van der Waals surface area contributed by atoms with Crippen LogP contribution in [-0.4, -0.2) is 54.8 Å². The molecule has 1 saturated heterocycles. The van der Waals surface area contributed by atoms with E-state index in [2.05, 4.69) is 29.4 Å². The van der Waals surface area contributed by atoms with Gasteiger partial charge in [-0.05, 0) is 36.9 Å². The van der Waals surface area contributed by atoms with Crippen LogP contribution in [0.25, 0.3) is 0 Å². The van der Waals surface area contributed by atoms with Crippen LogP contribution < -0.4 is 5.32 Å². The van der Waals surface area contributed by atoms with Gasteiger partial charge in [-0.25, -0.2) is 0 Å². The van der Waals surface area contributed by atoms with Gasteiger partial charge in [0.25, 0.3) is 5.91 Å². The summed E-state index contributed by atoms with van der Waals surface area (Å²) in [5, 5.41) is 3.40. The largest absolute Gasteiger partial charge is 0.352 e. The Morgan fingerprint density at radius 2 is 1.78 bits per heavy atom. The number of hydrogen-bond acceptors (Lipinski definition) is 3. The predicted octanol–water partition coefficient (Wildman–Crippen LogP) is 2.98. The van der Waals surface area contributed by atoms with E-state index in [1.807, 2.05) is 23.1 Å². The molecule has 2 amide bonds. The number of carbonyl (C=O) groups is 2. The maximum atomic E-state index is 12.8. The van der Waals surface area contributed by atoms with Crippen molar-refractivity contribution >= 4 is 23.4 Å². The minimum absolute atomic E-state index is 0.0458. The highest BCUT2D eigenvalue weighted by molar-refractivity contribution is 6.30. The number of piperazine rings is 1. The zero-order valence-electron chi connectivity index (χ0n) is 15.4. The molecule has 1 aliphatic heterocycles. The van der Waals surface area contributed by atoms with E-state index in [9.17, 15) is 9.59 Å². The Labute approximate surface area is 164 Å². The fourth-order valence-corrected chi connectivity index (χ4v) is 3.43. The highest BCUT2D eigenvalue weighted by Gasteiger charge is 2.29. The van der Waals surface area contributed by atoms with E-state index >= 15 is 0 Å². The molecule has 0 aliphatic carbocycles. The van der Waals surface area contributed by atoms with Gasteiger partial charge < -0.3 is 15.1 Å². The van der Waals surface area contributed by atoms with Crippen LogP contribution in [0.2, 0.25) is 5.02 Å². The summed E-state index contributed by atoms with van der Waals surface area (Å²) in [6, 6.07) is 16.8. The van der Waals surface area contributed by atoms with Gasteiger partial charge >= 0.3 is 0 Å². The number of nitrogens with one attached hydrogen (secondary N) is 1. The molecule has 0 aromatic heterocycles. The number of halogens is 1. The van der Waals surface area contributed by atoms with Gasteiger partial charge in [0, 0.05) is 43.2 Å². The van der Waals surface area contributed by atoms with Crippen LogP contribution in [0.5, 0.6) is 0 Å². The Hall–Kier alpha value is -2.37. The second kappa shape index (κ2) is 9.02. The van der Waals surface area contributed by atoms with Crippen LogP contribution in [-0.2, 0) is 4.79 Å². The van der Waals surface area contributed by atoms with Crippen LogP contribution in [0.4, 0.5) is 0 Å². The third kappa shape index (κ3) is 5.08. The summed E-state index contributed by atoms with van der Waals surface area (Å²) in [6.45, 7) is 2.67. The third-order valence-electron chi connectivity index (χ3n) is 4.82. The van der Waals surface area contributed by atoms with Crippen LogP contribution in [0, 0.1) is 0 Å². The first kappa shape index (κ1) is 19.4. The average Bonchev–Trinajstić information content (AvgIpc) is 2.69. The molecule has 1 atom stereocenters. The monoisotopic (exact) mass is 385 g/mol. The van der Waals surface area contributed by atoms with Crippen LogP contribution in [0.3, 0.4) is 0 Å². The molecule has 0 saturated carbocycles. The Morgan fingerprint density at radius 3 is 2.48 bits per heavy atom. The molecule has 1 aliphatic rings. The number of rotatable bonds is 5. The van der Waals surface area contributed by atoms with E-state index in [4.69, 9.17) is 11.6 Å². The van der Waals surface area contributed by atoms with Crippen LogP contribution in [0.15, 0.2) is 54.6 Å². The molecule has 5 nitrogen and oxygen atoms in total. The molecule has 6 heteroatoms. The van der Waals surface area contributed by atoms with Gasteiger partial charge in [0.15, 0.2) is 0 Å². The Kier molecular flexibility index (Phi) is 6.48. The fraction of sp³-hybridized carbons (Fsp3) is 0.333. The summed E-state index contributed by atoms with van der Waals surface area (Å²) in [5.74, 6) is -0.134. The summed E-state index contributed by atoms with van der Waals surface area (Å²) < 4.78 is 0. The quantitative estimate of drug-likeness (QED) is 0.860. The van der Waals surface area contributed by atoms with Crippen molar-refractivity contribution in [1.29, 1.82) is 0 Å². The summed E-state index contributed by atoms with van der Waals surface area (Å²) in [7, 11) is 2.07. The standard InChI is InChI=1S/C21H24ClN3O2/c1-24-13-14-25(19(15-24)16-5-3-2-4-6-16)20(26)11-12-23-21(27)17-7-9-18(22)10-8-17/h2-10,19H,11-15H2,1H3,(H,23,27). The highest BCUT2D eigenvalue weighted by atomic mass is 35.5. The third-order valence-corrected chi connectivity index (χ3v) is 5.07. The van der Waals surface area contributed by atoms with Gasteiger partial charge in [0.1, 0.15) is 0 Å². The highest BCUT2D eigenvalue weighted by Crippen LogP contribution is 2.25. The van der Waals surface area contributed by atoms with Crippen molar-refractivity contribution < 1.29 is 9.59 Å². The Balaban J connectivity index is 1.57. The maximum absolute atomic E-state index is 12.8. The minimum Gasteiger partial charge on any atom is -0.352 e. The van der Waals surface area contributed by atoms with E-state index in [-0.39, 0.29) is 24.3 Å². The average molecular weight is 386 g/mol. The van der Waals surface area contributed by atoms with Crippen molar-refractivity contribution in [2.45, 2.75) is 12.5 Å². The van der Waals surface area contributed by atoms with E-state index < -0.39 is 0 Å². The SMILES string of the molecule is CN1CCN(C(=O)CCNC(=O)c2ccc(Cl)cc2)C(c2ccccc2)C1. The van der Waals surface area contributed by atoms with Gasteiger partial charge in [-0.1, -0.05) is 41.9 Å². The molecule has 1 fully saturated rings. The first-order chi connectivity index (χ1) is 13.0. The number of benzene rings is 2. The van der Waals surface area contributed by atoms with E-state index in [0.29, 0.717) is 23.7 Å². The van der Waals surface area contributed by atoms with Gasteiger partial charge in [-0.3, -0.25) is 9.59 Å². The molecule has 1 heterocycles. The zero-order chi connectivity index (χ0) is 19.2. The molecule has 2 aromatic carbocycles. The van der Waals surface area contributed by atoms with Gasteiger partial charge in [0.2, 0.25) is 5.91 Å². The lowest BCUT2D eigenvalue weighted by molar-refractivity contribution is -0.136. The number of likely N-dealkylation sites (N-methyl/N-ethyl adjacent to an activating group) is 1. The normalized spacial score (nSPS) is 17.6. The summed E-state index contributed by atoms with van der Waals surface area (Å²) >= 11 is 5.84. The van der Waals surface area contributed by atoms with Crippen molar-refractivity contribution in [3.05, 3.63) is 70.7 Å². The van der Waals surface area contributed by atoms with Crippen molar-refractivity contribution in [2.75, 3.05) is 33.2 Å². The van der Waals surface area contributed by atoms with E-state index in [1.54, 1.807) is 24.3 Å². The number of carbonyl (C=O) groups excluding carboxylic acids is 2. The molecular formula is C21H24ClN3O2. The lowest BCUT2D eigenvalue weighted by atomic mass is 10.0. The topological polar surface area (TPSA) is 52.6 Å². The molecule has 3 rings (SSSR count). The lowest BCUT2D eigenvalue weighted by Crippen LogP contribution is -2.49. The molecule has 0 bridgehead atoms. The van der Waals surface area contributed by atoms with Crippen molar-refractivity contribution in [2.24, 2.45) is 0 Å². The molecule has 2 aromatic rings. The lowest BCUT2D eigenvalue weighted by Gasteiger charge is -2.40. The van der Waals surface area contributed by atoms with Gasteiger partial charge in [-0.15, -0.1) is 0 Å². The summed E-state index contributed by atoms with van der Waals surface area (Å²) in [6.07, 6.45) is 0.284. The molecule has 0 spiro atoms. The van der Waals surface area contributed by atoms with Gasteiger partial charge in [0.05, 0.1) is 6.04 Å². The Bertz CT molecular complexity index is 780. The van der Waals surface area contributed by atoms with Crippen LogP contribution in [0.1, 0.15) is 28.4 Å². The van der Waals surface area contributed by atoms with Crippen LogP contribution >= 0.6 is 11.6 Å². The van der Waals surface area contributed by atoms with Gasteiger partial charge in [-0.2, -0.15) is 0 Å². The second-order valence-corrected chi connectivity index (χ2v) is 7.23. The minimum atomic E-state index is -0.197. The van der Waals surface area contributed by atoms with Crippen molar-refractivity contribution in [3.8, 4) is 0 Å². The number of nitrogens with zero attached hydrogens (tertiary/aromatic N) is 2. The second-order valence-electron chi connectivity index (χ2n) is 6.79. The van der Waals surface area contributed by atoms with Crippen molar-refractivity contribution in [1.82, 2.24) is 15.1 Å².